The first kappa shape index (κ1) is 19.9. The van der Waals surface area contributed by atoms with Gasteiger partial charge in [0.15, 0.2) is 0 Å². The van der Waals surface area contributed by atoms with E-state index in [1.54, 1.807) is 0 Å². The lowest BCUT2D eigenvalue weighted by Crippen LogP contribution is -2.45. The van der Waals surface area contributed by atoms with Gasteiger partial charge in [-0.3, -0.25) is 0 Å². The highest BCUT2D eigenvalue weighted by molar-refractivity contribution is 4.76. The van der Waals surface area contributed by atoms with Crippen LogP contribution in [0.25, 0.3) is 0 Å². The Hall–Kier alpha value is -0.120. The molecule has 0 aliphatic carbocycles. The van der Waals surface area contributed by atoms with Gasteiger partial charge in [0.05, 0.1) is 0 Å². The molecule has 2 atom stereocenters. The quantitative estimate of drug-likeness (QED) is 0.561. The van der Waals surface area contributed by atoms with E-state index < -0.39 is 0 Å². The third-order valence-electron chi connectivity index (χ3n) is 4.54. The highest BCUT2D eigenvalue weighted by Crippen LogP contribution is 2.10. The lowest BCUT2D eigenvalue weighted by molar-refractivity contribution is 0.203. The van der Waals surface area contributed by atoms with Gasteiger partial charge in [0, 0.05) is 12.6 Å². The van der Waals surface area contributed by atoms with E-state index in [9.17, 15) is 0 Å². The Morgan fingerprint density at radius 2 is 1.40 bits per heavy atom. The predicted molar refractivity (Wildman–Crippen MR) is 91.4 cm³/mol. The van der Waals surface area contributed by atoms with Crippen molar-refractivity contribution >= 4 is 0 Å². The molecule has 0 fully saturated rings. The van der Waals surface area contributed by atoms with Crippen LogP contribution in [0.4, 0.5) is 0 Å². The number of nitrogens with one attached hydrogen (secondary N) is 1. The standard InChI is InChI=1S/C17H39N3/c1-7-16(6)17(18-8-2)15-20(11-5)14-12-13-19(9-3)10-4/h16-18H,7-15H2,1-6H3. The summed E-state index contributed by atoms with van der Waals surface area (Å²) in [7, 11) is 0. The summed E-state index contributed by atoms with van der Waals surface area (Å²) in [4.78, 5) is 5.13. The van der Waals surface area contributed by atoms with E-state index in [0.29, 0.717) is 6.04 Å². The Morgan fingerprint density at radius 1 is 0.850 bits per heavy atom. The third kappa shape index (κ3) is 8.23. The molecule has 122 valence electrons. The van der Waals surface area contributed by atoms with Gasteiger partial charge in [-0.05, 0) is 51.6 Å². The van der Waals surface area contributed by atoms with E-state index in [2.05, 4.69) is 56.7 Å². The molecule has 0 spiro atoms. The van der Waals surface area contributed by atoms with Gasteiger partial charge in [0.1, 0.15) is 0 Å². The highest BCUT2D eigenvalue weighted by Gasteiger charge is 2.17. The summed E-state index contributed by atoms with van der Waals surface area (Å²) in [5.74, 6) is 0.756. The van der Waals surface area contributed by atoms with E-state index >= 15 is 0 Å². The summed E-state index contributed by atoms with van der Waals surface area (Å²) in [5, 5.41) is 3.67. The Labute approximate surface area is 128 Å². The average Bonchev–Trinajstić information content (AvgIpc) is 2.48. The normalized spacial score (nSPS) is 15.0. The average molecular weight is 286 g/mol. The van der Waals surface area contributed by atoms with Crippen molar-refractivity contribution in [3.63, 3.8) is 0 Å². The molecule has 0 saturated heterocycles. The number of rotatable bonds is 13. The van der Waals surface area contributed by atoms with E-state index in [4.69, 9.17) is 0 Å². The molecule has 0 aromatic heterocycles. The van der Waals surface area contributed by atoms with Gasteiger partial charge >= 0.3 is 0 Å². The fraction of sp³-hybridized carbons (Fsp3) is 1.00. The molecule has 0 bridgehead atoms. The molecule has 0 amide bonds. The number of hydrogen-bond acceptors (Lipinski definition) is 3. The molecule has 0 rings (SSSR count). The zero-order valence-corrected chi connectivity index (χ0v) is 14.9. The third-order valence-corrected chi connectivity index (χ3v) is 4.54. The van der Waals surface area contributed by atoms with Gasteiger partial charge in [0.2, 0.25) is 0 Å². The van der Waals surface area contributed by atoms with Crippen molar-refractivity contribution in [2.24, 2.45) is 5.92 Å². The summed E-state index contributed by atoms with van der Waals surface area (Å²) in [6.45, 7) is 21.9. The number of likely N-dealkylation sites (N-methyl/N-ethyl adjacent to an activating group) is 2. The minimum atomic E-state index is 0.637. The molecule has 0 saturated carbocycles. The molecule has 0 aliphatic rings. The van der Waals surface area contributed by atoms with E-state index in [1.807, 2.05) is 0 Å². The van der Waals surface area contributed by atoms with Crippen LogP contribution < -0.4 is 5.32 Å². The van der Waals surface area contributed by atoms with E-state index in [1.165, 1.54) is 45.6 Å². The Kier molecular flexibility index (Phi) is 12.5. The van der Waals surface area contributed by atoms with Crippen LogP contribution in [0.1, 0.15) is 54.4 Å². The second-order valence-corrected chi connectivity index (χ2v) is 5.82. The summed E-state index contributed by atoms with van der Waals surface area (Å²) < 4.78 is 0. The van der Waals surface area contributed by atoms with Gasteiger partial charge in [-0.25, -0.2) is 0 Å². The zero-order chi connectivity index (χ0) is 15.4. The largest absolute Gasteiger partial charge is 0.313 e. The van der Waals surface area contributed by atoms with Gasteiger partial charge in [-0.2, -0.15) is 0 Å². The summed E-state index contributed by atoms with van der Waals surface area (Å²) in [6.07, 6.45) is 2.55. The minimum Gasteiger partial charge on any atom is -0.313 e. The van der Waals surface area contributed by atoms with Crippen LogP contribution in [-0.2, 0) is 0 Å². The molecule has 2 unspecified atom stereocenters. The van der Waals surface area contributed by atoms with Crippen molar-refractivity contribution < 1.29 is 0 Å². The first-order valence-corrected chi connectivity index (χ1v) is 8.80. The topological polar surface area (TPSA) is 18.5 Å². The lowest BCUT2D eigenvalue weighted by Gasteiger charge is -2.31. The van der Waals surface area contributed by atoms with Gasteiger partial charge in [0.25, 0.3) is 0 Å². The highest BCUT2D eigenvalue weighted by atomic mass is 15.2. The Morgan fingerprint density at radius 3 is 1.85 bits per heavy atom. The van der Waals surface area contributed by atoms with Crippen LogP contribution in [0.15, 0.2) is 0 Å². The second-order valence-electron chi connectivity index (χ2n) is 5.82. The van der Waals surface area contributed by atoms with Crippen molar-refractivity contribution in [1.29, 1.82) is 0 Å². The van der Waals surface area contributed by atoms with Crippen molar-refractivity contribution in [3.8, 4) is 0 Å². The SMILES string of the molecule is CCNC(CN(CC)CCCN(CC)CC)C(C)CC. The maximum absolute atomic E-state index is 3.67. The molecule has 3 heteroatoms. The lowest BCUT2D eigenvalue weighted by atomic mass is 9.98. The van der Waals surface area contributed by atoms with Crippen LogP contribution in [0.3, 0.4) is 0 Å². The Balaban J connectivity index is 4.16. The zero-order valence-electron chi connectivity index (χ0n) is 14.9. The first-order chi connectivity index (χ1) is 9.62. The van der Waals surface area contributed by atoms with Gasteiger partial charge in [-0.1, -0.05) is 48.0 Å². The van der Waals surface area contributed by atoms with E-state index in [-0.39, 0.29) is 0 Å². The molecule has 0 aromatic rings. The maximum Gasteiger partial charge on any atom is 0.0220 e. The molecule has 3 nitrogen and oxygen atoms in total. The molecule has 1 N–H and O–H groups in total. The number of hydrogen-bond donors (Lipinski definition) is 1. The monoisotopic (exact) mass is 285 g/mol. The second kappa shape index (κ2) is 12.6. The van der Waals surface area contributed by atoms with Crippen LogP contribution in [0.5, 0.6) is 0 Å². The van der Waals surface area contributed by atoms with Gasteiger partial charge < -0.3 is 15.1 Å². The van der Waals surface area contributed by atoms with Crippen LogP contribution in [0.2, 0.25) is 0 Å². The predicted octanol–water partition coefficient (Wildman–Crippen LogP) is 3.06. The molecule has 0 aliphatic heterocycles. The van der Waals surface area contributed by atoms with Gasteiger partial charge in [-0.15, -0.1) is 0 Å². The summed E-state index contributed by atoms with van der Waals surface area (Å²) in [6, 6.07) is 0.637. The molecule has 0 aromatic carbocycles. The van der Waals surface area contributed by atoms with Crippen molar-refractivity contribution in [1.82, 2.24) is 15.1 Å². The van der Waals surface area contributed by atoms with Crippen molar-refractivity contribution in [3.05, 3.63) is 0 Å². The molecule has 0 radical (unpaired) electrons. The van der Waals surface area contributed by atoms with Crippen LogP contribution in [-0.4, -0.2) is 61.7 Å². The molecular weight excluding hydrogens is 246 g/mol. The maximum atomic E-state index is 3.67. The number of nitrogens with zero attached hydrogens (tertiary/aromatic N) is 2. The fourth-order valence-electron chi connectivity index (χ4n) is 2.71. The minimum absolute atomic E-state index is 0.637. The Bertz CT molecular complexity index is 204. The van der Waals surface area contributed by atoms with E-state index in [0.717, 1.165) is 19.0 Å². The van der Waals surface area contributed by atoms with Crippen LogP contribution >= 0.6 is 0 Å². The molecular formula is C17H39N3. The summed E-state index contributed by atoms with van der Waals surface area (Å²) >= 11 is 0. The van der Waals surface area contributed by atoms with Crippen molar-refractivity contribution in [2.75, 3.05) is 45.8 Å². The fourth-order valence-corrected chi connectivity index (χ4v) is 2.71. The molecule has 0 heterocycles. The summed E-state index contributed by atoms with van der Waals surface area (Å²) in [5.41, 5.74) is 0. The van der Waals surface area contributed by atoms with Crippen LogP contribution in [0, 0.1) is 5.92 Å². The molecule has 20 heavy (non-hydrogen) atoms. The van der Waals surface area contributed by atoms with Crippen molar-refractivity contribution in [2.45, 2.75) is 60.4 Å². The first-order valence-electron chi connectivity index (χ1n) is 8.80. The smallest absolute Gasteiger partial charge is 0.0220 e.